The first-order valence-corrected chi connectivity index (χ1v) is 5.98. The van der Waals surface area contributed by atoms with Crippen LogP contribution in [0.3, 0.4) is 0 Å². The highest BCUT2D eigenvalue weighted by molar-refractivity contribution is 6.02. The monoisotopic (exact) mass is 272 g/mol. The molecule has 0 saturated carbocycles. The van der Waals surface area contributed by atoms with E-state index in [-0.39, 0.29) is 23.6 Å². The van der Waals surface area contributed by atoms with Crippen molar-refractivity contribution < 1.29 is 14.3 Å². The van der Waals surface area contributed by atoms with Crippen LogP contribution in [0.1, 0.15) is 27.8 Å². The van der Waals surface area contributed by atoms with Gasteiger partial charge in [0.2, 0.25) is 0 Å². The fourth-order valence-electron chi connectivity index (χ4n) is 1.90. The largest absolute Gasteiger partial charge is 0.462 e. The van der Waals surface area contributed by atoms with E-state index in [0.717, 1.165) is 0 Å². The van der Waals surface area contributed by atoms with Gasteiger partial charge in [0.1, 0.15) is 5.69 Å². The number of nitrogens with one attached hydrogen (secondary N) is 1. The van der Waals surface area contributed by atoms with Gasteiger partial charge in [-0.05, 0) is 29.8 Å². The molecular weight excluding hydrogens is 260 g/mol. The van der Waals surface area contributed by atoms with Crippen LogP contribution in [-0.2, 0) is 4.74 Å². The number of carbonyl (C=O) groups excluding carboxylic acids is 2. The lowest BCUT2D eigenvalue weighted by Gasteiger charge is -2.05. The number of H-pyrrole nitrogens is 1. The predicted molar refractivity (Wildman–Crippen MR) is 73.0 cm³/mol. The molecule has 6 heteroatoms. The van der Waals surface area contributed by atoms with Gasteiger partial charge in [0.25, 0.3) is 0 Å². The van der Waals surface area contributed by atoms with E-state index in [9.17, 15) is 14.5 Å². The zero-order valence-corrected chi connectivity index (χ0v) is 10.8. The van der Waals surface area contributed by atoms with Gasteiger partial charge in [-0.3, -0.25) is 4.79 Å². The van der Waals surface area contributed by atoms with E-state index in [4.69, 9.17) is 4.74 Å². The van der Waals surface area contributed by atoms with E-state index in [1.807, 2.05) is 0 Å². The highest BCUT2D eigenvalue weighted by atomic mass is 16.5. The fraction of sp³-hybridized carbons (Fsp3) is 0.143. The number of aromatic nitrogens is 1. The Morgan fingerprint density at radius 3 is 2.60 bits per heavy atom. The van der Waals surface area contributed by atoms with Crippen LogP contribution in [-0.4, -0.2) is 23.8 Å². The Hall–Kier alpha value is -2.76. The topological polar surface area (TPSA) is 88.6 Å². The molecule has 2 rings (SSSR count). The number of esters is 1. The Balaban J connectivity index is 2.52. The highest BCUT2D eigenvalue weighted by Gasteiger charge is 2.19. The number of aromatic amines is 1. The van der Waals surface area contributed by atoms with E-state index in [1.165, 1.54) is 18.3 Å². The number of nitroso groups, excluding NO2 is 1. The zero-order valence-electron chi connectivity index (χ0n) is 10.8. The molecule has 1 N–H and O–H groups in total. The maximum absolute atomic E-state index is 11.9. The van der Waals surface area contributed by atoms with E-state index >= 15 is 0 Å². The van der Waals surface area contributed by atoms with Gasteiger partial charge in [0.15, 0.2) is 6.29 Å². The molecule has 20 heavy (non-hydrogen) atoms. The molecule has 0 radical (unpaired) electrons. The van der Waals surface area contributed by atoms with E-state index in [1.54, 1.807) is 19.1 Å². The van der Waals surface area contributed by atoms with Crippen LogP contribution in [0.5, 0.6) is 0 Å². The van der Waals surface area contributed by atoms with Crippen molar-refractivity contribution in [1.29, 1.82) is 0 Å². The molecule has 0 aliphatic rings. The molecule has 0 unspecified atom stereocenters. The van der Waals surface area contributed by atoms with Crippen molar-refractivity contribution in [2.45, 2.75) is 6.92 Å². The van der Waals surface area contributed by atoms with E-state index in [0.29, 0.717) is 17.4 Å². The van der Waals surface area contributed by atoms with Gasteiger partial charge in [-0.1, -0.05) is 12.1 Å². The van der Waals surface area contributed by atoms with Gasteiger partial charge in [-0.2, -0.15) is 0 Å². The average molecular weight is 272 g/mol. The Morgan fingerprint density at radius 2 is 2.05 bits per heavy atom. The Morgan fingerprint density at radius 1 is 1.35 bits per heavy atom. The molecule has 1 aromatic heterocycles. The van der Waals surface area contributed by atoms with Crippen LogP contribution >= 0.6 is 0 Å². The molecule has 0 atom stereocenters. The van der Waals surface area contributed by atoms with Gasteiger partial charge in [0, 0.05) is 11.8 Å². The maximum Gasteiger partial charge on any atom is 0.340 e. The van der Waals surface area contributed by atoms with Crippen LogP contribution in [0, 0.1) is 4.91 Å². The number of benzene rings is 1. The summed E-state index contributed by atoms with van der Waals surface area (Å²) in [5.74, 6) is -0.510. The van der Waals surface area contributed by atoms with Gasteiger partial charge in [-0.25, -0.2) is 4.79 Å². The van der Waals surface area contributed by atoms with Crippen LogP contribution < -0.4 is 0 Å². The molecule has 0 saturated heterocycles. The first kappa shape index (κ1) is 13.7. The third-order valence-corrected chi connectivity index (χ3v) is 2.79. The Bertz CT molecular complexity index is 644. The lowest BCUT2D eigenvalue weighted by Crippen LogP contribution is -2.05. The summed E-state index contributed by atoms with van der Waals surface area (Å²) < 4.78 is 4.95. The fourth-order valence-corrected chi connectivity index (χ4v) is 1.90. The van der Waals surface area contributed by atoms with Crippen molar-refractivity contribution in [3.05, 3.63) is 46.6 Å². The second-order valence-electron chi connectivity index (χ2n) is 3.97. The molecule has 102 valence electrons. The zero-order chi connectivity index (χ0) is 14.5. The first-order valence-electron chi connectivity index (χ1n) is 5.98. The third kappa shape index (κ3) is 2.49. The summed E-state index contributed by atoms with van der Waals surface area (Å²) in [5, 5.41) is 2.80. The smallest absolute Gasteiger partial charge is 0.340 e. The first-order chi connectivity index (χ1) is 9.71. The van der Waals surface area contributed by atoms with Crippen molar-refractivity contribution in [3.8, 4) is 11.1 Å². The molecular formula is C14H12N2O4. The number of nitrogens with zero attached hydrogens (tertiary/aromatic N) is 1. The van der Waals surface area contributed by atoms with Crippen LogP contribution in [0.2, 0.25) is 0 Å². The second kappa shape index (κ2) is 5.92. The number of hydrogen-bond donors (Lipinski definition) is 1. The quantitative estimate of drug-likeness (QED) is 0.514. The minimum Gasteiger partial charge on any atom is -0.462 e. The number of carbonyl (C=O) groups is 2. The van der Waals surface area contributed by atoms with Gasteiger partial charge < -0.3 is 9.72 Å². The lowest BCUT2D eigenvalue weighted by molar-refractivity contribution is 0.0527. The number of hydrogen-bond acceptors (Lipinski definition) is 5. The molecule has 0 aliphatic heterocycles. The normalized spacial score (nSPS) is 10.1. The van der Waals surface area contributed by atoms with Crippen LogP contribution in [0.25, 0.3) is 11.1 Å². The molecule has 0 fully saturated rings. The number of ether oxygens (including phenoxy) is 1. The van der Waals surface area contributed by atoms with E-state index < -0.39 is 5.97 Å². The van der Waals surface area contributed by atoms with Gasteiger partial charge >= 0.3 is 5.97 Å². The van der Waals surface area contributed by atoms with Gasteiger partial charge in [0.05, 0.1) is 17.9 Å². The van der Waals surface area contributed by atoms with Crippen LogP contribution in [0.15, 0.2) is 35.6 Å². The van der Waals surface area contributed by atoms with Crippen molar-refractivity contribution in [2.75, 3.05) is 6.61 Å². The minimum atomic E-state index is -0.510. The van der Waals surface area contributed by atoms with Crippen molar-refractivity contribution in [3.63, 3.8) is 0 Å². The second-order valence-corrected chi connectivity index (χ2v) is 3.97. The van der Waals surface area contributed by atoms with Crippen LogP contribution in [0.4, 0.5) is 5.69 Å². The molecule has 1 heterocycles. The van der Waals surface area contributed by atoms with Crippen molar-refractivity contribution in [1.82, 2.24) is 4.98 Å². The molecule has 0 bridgehead atoms. The molecule has 1 aromatic carbocycles. The highest BCUT2D eigenvalue weighted by Crippen LogP contribution is 2.29. The lowest BCUT2D eigenvalue weighted by atomic mass is 10.0. The summed E-state index contributed by atoms with van der Waals surface area (Å²) in [6.45, 7) is 1.95. The minimum absolute atomic E-state index is 0.244. The number of aldehydes is 1. The van der Waals surface area contributed by atoms with E-state index in [2.05, 4.69) is 10.2 Å². The third-order valence-electron chi connectivity index (χ3n) is 2.79. The molecule has 6 nitrogen and oxygen atoms in total. The van der Waals surface area contributed by atoms with Crippen molar-refractivity contribution >= 4 is 17.9 Å². The van der Waals surface area contributed by atoms with Crippen molar-refractivity contribution in [2.24, 2.45) is 5.18 Å². The molecule has 0 spiro atoms. The van der Waals surface area contributed by atoms with Gasteiger partial charge in [-0.15, -0.1) is 4.91 Å². The summed E-state index contributed by atoms with van der Waals surface area (Å²) in [6, 6.07) is 6.27. The Kier molecular flexibility index (Phi) is 4.05. The summed E-state index contributed by atoms with van der Waals surface area (Å²) >= 11 is 0. The summed E-state index contributed by atoms with van der Waals surface area (Å²) in [7, 11) is 0. The standard InChI is InChI=1S/C14H12N2O4/c1-2-20-14(18)11-7-15-12(8-17)13(11)9-3-5-10(16-19)6-4-9/h3-8,15H,2H2,1H3. The SMILES string of the molecule is CCOC(=O)c1c[nH]c(C=O)c1-c1ccc(N=O)cc1. The number of rotatable bonds is 5. The molecule has 2 aromatic rings. The summed E-state index contributed by atoms with van der Waals surface area (Å²) in [5.41, 5.74) is 1.91. The molecule has 0 aliphatic carbocycles. The predicted octanol–water partition coefficient (Wildman–Crippen LogP) is 3.07. The average Bonchev–Trinajstić information content (AvgIpc) is 2.91. The maximum atomic E-state index is 11.9. The summed E-state index contributed by atoms with van der Waals surface area (Å²) in [4.78, 5) is 36.1. The molecule has 0 amide bonds. The Labute approximate surface area is 114 Å². The summed E-state index contributed by atoms with van der Waals surface area (Å²) in [6.07, 6.45) is 2.06.